The summed E-state index contributed by atoms with van der Waals surface area (Å²) in [5.74, 6) is 0.832. The molecule has 2 heterocycles. The number of aromatic nitrogens is 2. The van der Waals surface area contributed by atoms with Crippen LogP contribution in [0, 0.1) is 0 Å². The largest absolute Gasteiger partial charge is 0.497 e. The van der Waals surface area contributed by atoms with Gasteiger partial charge in [0, 0.05) is 50.0 Å². The van der Waals surface area contributed by atoms with Gasteiger partial charge in [0.25, 0.3) is 11.5 Å². The molecule has 0 bridgehead atoms. The van der Waals surface area contributed by atoms with Gasteiger partial charge in [0.2, 0.25) is 0 Å². The van der Waals surface area contributed by atoms with Crippen molar-refractivity contribution in [1.82, 2.24) is 14.5 Å². The van der Waals surface area contributed by atoms with E-state index in [0.717, 1.165) is 35.6 Å². The van der Waals surface area contributed by atoms with Crippen molar-refractivity contribution in [2.75, 3.05) is 38.2 Å². The molecule has 1 amide bonds. The summed E-state index contributed by atoms with van der Waals surface area (Å²) in [7, 11) is 3.41. The van der Waals surface area contributed by atoms with Crippen molar-refractivity contribution in [3.8, 4) is 17.0 Å². The van der Waals surface area contributed by atoms with Crippen LogP contribution in [0.5, 0.6) is 5.75 Å². The Balaban J connectivity index is 1.30. The van der Waals surface area contributed by atoms with Gasteiger partial charge in [-0.1, -0.05) is 24.3 Å². The highest BCUT2D eigenvalue weighted by Crippen LogP contribution is 2.22. The van der Waals surface area contributed by atoms with Crippen LogP contribution in [-0.4, -0.2) is 53.6 Å². The van der Waals surface area contributed by atoms with Gasteiger partial charge >= 0.3 is 0 Å². The molecular formula is C27H26N4O3. The summed E-state index contributed by atoms with van der Waals surface area (Å²) in [5, 5.41) is 0. The molecule has 0 N–H and O–H groups in total. The summed E-state index contributed by atoms with van der Waals surface area (Å²) in [6.45, 7) is 2.85. The summed E-state index contributed by atoms with van der Waals surface area (Å²) < 4.78 is 6.84. The molecule has 0 unspecified atom stereocenters. The lowest BCUT2D eigenvalue weighted by Crippen LogP contribution is -2.48. The highest BCUT2D eigenvalue weighted by molar-refractivity contribution is 5.95. The zero-order chi connectivity index (χ0) is 23.7. The maximum Gasteiger partial charge on any atom is 0.277 e. The average molecular weight is 455 g/mol. The summed E-state index contributed by atoms with van der Waals surface area (Å²) in [6.07, 6.45) is 0. The smallest absolute Gasteiger partial charge is 0.277 e. The van der Waals surface area contributed by atoms with Gasteiger partial charge < -0.3 is 19.1 Å². The van der Waals surface area contributed by atoms with Crippen molar-refractivity contribution in [3.63, 3.8) is 0 Å². The minimum atomic E-state index is -0.160. The van der Waals surface area contributed by atoms with Crippen molar-refractivity contribution in [2.24, 2.45) is 7.05 Å². The van der Waals surface area contributed by atoms with Gasteiger partial charge in [-0.05, 0) is 48.5 Å². The Morgan fingerprint density at radius 1 is 0.882 bits per heavy atom. The molecule has 1 aliphatic rings. The number of benzene rings is 3. The number of piperazine rings is 1. The molecule has 0 spiro atoms. The van der Waals surface area contributed by atoms with E-state index < -0.39 is 0 Å². The number of anilines is 1. The topological polar surface area (TPSA) is 67.7 Å². The molecule has 1 saturated heterocycles. The fraction of sp³-hybridized carbons (Fsp3) is 0.222. The average Bonchev–Trinajstić information content (AvgIpc) is 2.90. The van der Waals surface area contributed by atoms with Crippen LogP contribution >= 0.6 is 0 Å². The Bertz CT molecular complexity index is 1390. The first-order valence-electron chi connectivity index (χ1n) is 11.3. The number of aryl methyl sites for hydroxylation is 1. The lowest BCUT2D eigenvalue weighted by atomic mass is 10.1. The summed E-state index contributed by atoms with van der Waals surface area (Å²) in [4.78, 5) is 34.7. The van der Waals surface area contributed by atoms with Crippen LogP contribution < -0.4 is 15.2 Å². The number of nitrogens with zero attached hydrogens (tertiary/aromatic N) is 4. The number of para-hydroxylation sites is 2. The van der Waals surface area contributed by atoms with Crippen LogP contribution in [0.25, 0.3) is 22.3 Å². The van der Waals surface area contributed by atoms with E-state index in [1.807, 2.05) is 53.4 Å². The fourth-order valence-corrected chi connectivity index (χ4v) is 4.38. The number of methoxy groups -OCH3 is 1. The molecule has 1 aromatic heterocycles. The van der Waals surface area contributed by atoms with Crippen LogP contribution in [0.15, 0.2) is 77.6 Å². The van der Waals surface area contributed by atoms with E-state index >= 15 is 0 Å². The molecule has 0 atom stereocenters. The molecule has 4 aromatic rings. The Hall–Kier alpha value is -4.13. The van der Waals surface area contributed by atoms with Gasteiger partial charge in [-0.25, -0.2) is 4.98 Å². The van der Waals surface area contributed by atoms with Gasteiger partial charge in [0.1, 0.15) is 11.4 Å². The molecule has 7 heteroatoms. The Labute approximate surface area is 197 Å². The third-order valence-corrected chi connectivity index (χ3v) is 6.39. The number of carbonyl (C=O) groups is 1. The normalized spacial score (nSPS) is 13.8. The number of rotatable bonds is 4. The number of amides is 1. The maximum absolute atomic E-state index is 13.1. The van der Waals surface area contributed by atoms with Gasteiger partial charge in [-0.3, -0.25) is 9.59 Å². The predicted octanol–water partition coefficient (Wildman–Crippen LogP) is 3.57. The van der Waals surface area contributed by atoms with Crippen molar-refractivity contribution in [3.05, 3.63) is 88.7 Å². The van der Waals surface area contributed by atoms with Crippen LogP contribution in [-0.2, 0) is 7.05 Å². The molecule has 1 fully saturated rings. The third kappa shape index (κ3) is 4.01. The highest BCUT2D eigenvalue weighted by Gasteiger charge is 2.22. The summed E-state index contributed by atoms with van der Waals surface area (Å²) in [5.41, 5.74) is 4.21. The maximum atomic E-state index is 13.1. The molecular weight excluding hydrogens is 428 g/mol. The van der Waals surface area contributed by atoms with Crippen molar-refractivity contribution >= 4 is 22.6 Å². The molecule has 7 nitrogen and oxygen atoms in total. The Morgan fingerprint density at radius 3 is 2.24 bits per heavy atom. The molecule has 5 rings (SSSR count). The van der Waals surface area contributed by atoms with E-state index in [9.17, 15) is 9.59 Å². The van der Waals surface area contributed by atoms with E-state index in [0.29, 0.717) is 29.9 Å². The van der Waals surface area contributed by atoms with Crippen molar-refractivity contribution < 1.29 is 9.53 Å². The van der Waals surface area contributed by atoms with Gasteiger partial charge in [-0.2, -0.15) is 0 Å². The van der Waals surface area contributed by atoms with Gasteiger partial charge in [-0.15, -0.1) is 0 Å². The Morgan fingerprint density at radius 2 is 1.56 bits per heavy atom. The summed E-state index contributed by atoms with van der Waals surface area (Å²) in [6, 6.07) is 22.7. The SMILES string of the molecule is COc1ccc(N2CCN(C(=O)c3ccc(-c4nc5ccccc5n(C)c4=O)cc3)CC2)cc1. The predicted molar refractivity (Wildman–Crippen MR) is 134 cm³/mol. The van der Waals surface area contributed by atoms with Crippen LogP contribution in [0.3, 0.4) is 0 Å². The number of ether oxygens (including phenoxy) is 1. The molecule has 172 valence electrons. The Kier molecular flexibility index (Phi) is 5.76. The standard InChI is InChI=1S/C27H26N4O3/c1-29-24-6-4-3-5-23(24)28-25(27(29)33)19-7-9-20(10-8-19)26(32)31-17-15-30(16-18-31)21-11-13-22(34-2)14-12-21/h3-14H,15-18H2,1-2H3. The lowest BCUT2D eigenvalue weighted by Gasteiger charge is -2.36. The quantitative estimate of drug-likeness (QED) is 0.472. The summed E-state index contributed by atoms with van der Waals surface area (Å²) >= 11 is 0. The zero-order valence-corrected chi connectivity index (χ0v) is 19.3. The first-order valence-corrected chi connectivity index (χ1v) is 11.3. The van der Waals surface area contributed by atoms with Crippen LogP contribution in [0.4, 0.5) is 5.69 Å². The van der Waals surface area contributed by atoms with E-state index in [2.05, 4.69) is 9.88 Å². The first-order chi connectivity index (χ1) is 16.5. The monoisotopic (exact) mass is 454 g/mol. The minimum absolute atomic E-state index is 0.000282. The van der Waals surface area contributed by atoms with Crippen molar-refractivity contribution in [2.45, 2.75) is 0 Å². The van der Waals surface area contributed by atoms with Crippen LogP contribution in [0.1, 0.15) is 10.4 Å². The zero-order valence-electron chi connectivity index (χ0n) is 19.3. The van der Waals surface area contributed by atoms with Gasteiger partial charge in [0.05, 0.1) is 18.1 Å². The van der Waals surface area contributed by atoms with E-state index in [1.165, 1.54) is 0 Å². The third-order valence-electron chi connectivity index (χ3n) is 6.39. The van der Waals surface area contributed by atoms with Gasteiger partial charge in [0.15, 0.2) is 0 Å². The number of carbonyl (C=O) groups excluding carboxylic acids is 1. The number of fused-ring (bicyclic) bond motifs is 1. The van der Waals surface area contributed by atoms with Crippen LogP contribution in [0.2, 0.25) is 0 Å². The van der Waals surface area contributed by atoms with E-state index in [4.69, 9.17) is 4.74 Å². The van der Waals surface area contributed by atoms with E-state index in [-0.39, 0.29) is 11.5 Å². The molecule has 3 aromatic carbocycles. The van der Waals surface area contributed by atoms with E-state index in [1.54, 1.807) is 43.0 Å². The number of hydrogen-bond acceptors (Lipinski definition) is 5. The highest BCUT2D eigenvalue weighted by atomic mass is 16.5. The first kappa shape index (κ1) is 21.7. The minimum Gasteiger partial charge on any atom is -0.497 e. The molecule has 0 radical (unpaired) electrons. The second-order valence-corrected chi connectivity index (χ2v) is 8.37. The number of hydrogen-bond donors (Lipinski definition) is 0. The van der Waals surface area contributed by atoms with Crippen molar-refractivity contribution in [1.29, 1.82) is 0 Å². The molecule has 34 heavy (non-hydrogen) atoms. The lowest BCUT2D eigenvalue weighted by molar-refractivity contribution is 0.0747. The second kappa shape index (κ2) is 9.02. The molecule has 0 saturated carbocycles. The molecule has 0 aliphatic carbocycles. The fourth-order valence-electron chi connectivity index (χ4n) is 4.38. The second-order valence-electron chi connectivity index (χ2n) is 8.37. The molecule has 1 aliphatic heterocycles.